The van der Waals surface area contributed by atoms with Crippen molar-refractivity contribution in [2.75, 3.05) is 11.9 Å². The van der Waals surface area contributed by atoms with Crippen LogP contribution in [-0.2, 0) is 0 Å². The predicted octanol–water partition coefficient (Wildman–Crippen LogP) is 2.93. The number of hydrogen-bond donors (Lipinski definition) is 0. The fraction of sp³-hybridized carbons (Fsp3) is 0.750. The summed E-state index contributed by atoms with van der Waals surface area (Å²) in [6.07, 6.45) is 2.39. The molecule has 0 fully saturated rings. The van der Waals surface area contributed by atoms with Gasteiger partial charge in [-0.15, -0.1) is 10.2 Å². The third-order valence-corrected chi connectivity index (χ3v) is 3.51. The molecular weight excluding hydrogens is 250 g/mol. The monoisotopic (exact) mass is 263 g/mol. The Morgan fingerprint density at radius 2 is 2.23 bits per heavy atom. The number of nitrogens with zero attached hydrogens (tertiary/aromatic N) is 3. The van der Waals surface area contributed by atoms with E-state index in [4.69, 9.17) is 0 Å². The Morgan fingerprint density at radius 3 is 2.69 bits per heavy atom. The van der Waals surface area contributed by atoms with E-state index in [1.807, 2.05) is 0 Å². The minimum atomic E-state index is 0.532. The van der Waals surface area contributed by atoms with Crippen molar-refractivity contribution in [3.8, 4) is 0 Å². The summed E-state index contributed by atoms with van der Waals surface area (Å²) in [4.78, 5) is 2.17. The van der Waals surface area contributed by atoms with E-state index in [1.165, 1.54) is 12.8 Å². The average Bonchev–Trinajstić information content (AvgIpc) is 2.51. The zero-order valence-electron chi connectivity index (χ0n) is 8.12. The Kier molecular flexibility index (Phi) is 4.12. The lowest BCUT2D eigenvalue weighted by atomic mass is 10.2. The Balaban J connectivity index is 2.61. The molecule has 1 rings (SSSR count). The van der Waals surface area contributed by atoms with Crippen molar-refractivity contribution in [3.63, 3.8) is 0 Å². The van der Waals surface area contributed by atoms with Gasteiger partial charge < -0.3 is 4.90 Å². The molecule has 0 aliphatic heterocycles. The zero-order chi connectivity index (χ0) is 9.84. The van der Waals surface area contributed by atoms with E-state index in [1.54, 1.807) is 11.3 Å². The van der Waals surface area contributed by atoms with Crippen molar-refractivity contribution in [3.05, 3.63) is 3.92 Å². The lowest BCUT2D eigenvalue weighted by Gasteiger charge is -2.22. The molecule has 1 aromatic heterocycles. The summed E-state index contributed by atoms with van der Waals surface area (Å²) in [5.74, 6) is 0. The minimum absolute atomic E-state index is 0.532. The van der Waals surface area contributed by atoms with E-state index in [0.29, 0.717) is 6.04 Å². The van der Waals surface area contributed by atoms with Gasteiger partial charge in [0.2, 0.25) is 5.13 Å². The molecule has 0 bridgehead atoms. The van der Waals surface area contributed by atoms with Gasteiger partial charge in [-0.1, -0.05) is 24.7 Å². The molecule has 1 aromatic rings. The Morgan fingerprint density at radius 1 is 1.54 bits per heavy atom. The first-order chi connectivity index (χ1) is 6.15. The molecule has 1 heterocycles. The van der Waals surface area contributed by atoms with E-state index < -0.39 is 0 Å². The van der Waals surface area contributed by atoms with Gasteiger partial charge in [0, 0.05) is 13.1 Å². The third-order valence-electron chi connectivity index (χ3n) is 2.06. The Labute approximate surface area is 91.3 Å². The lowest BCUT2D eigenvalue weighted by Crippen LogP contribution is -2.28. The van der Waals surface area contributed by atoms with Crippen LogP contribution < -0.4 is 4.90 Å². The molecule has 0 radical (unpaired) electrons. The van der Waals surface area contributed by atoms with Gasteiger partial charge in [-0.3, -0.25) is 0 Å². The number of aromatic nitrogens is 2. The van der Waals surface area contributed by atoms with Gasteiger partial charge in [0.25, 0.3) is 0 Å². The summed E-state index contributed by atoms with van der Waals surface area (Å²) in [6, 6.07) is 0.532. The fourth-order valence-electron chi connectivity index (χ4n) is 1.14. The molecule has 0 saturated carbocycles. The van der Waals surface area contributed by atoms with Crippen LogP contribution in [0.2, 0.25) is 0 Å². The normalized spacial score (nSPS) is 12.9. The SMILES string of the molecule is CCCC(C)N(C)c1nnc(Br)s1. The van der Waals surface area contributed by atoms with Gasteiger partial charge in [0.05, 0.1) is 0 Å². The first-order valence-corrected chi connectivity index (χ1v) is 5.98. The van der Waals surface area contributed by atoms with Crippen molar-refractivity contribution in [1.29, 1.82) is 0 Å². The van der Waals surface area contributed by atoms with Crippen LogP contribution in [-0.4, -0.2) is 23.3 Å². The first kappa shape index (κ1) is 10.9. The highest BCUT2D eigenvalue weighted by molar-refractivity contribution is 9.11. The molecule has 0 spiro atoms. The van der Waals surface area contributed by atoms with Gasteiger partial charge in [-0.05, 0) is 29.3 Å². The van der Waals surface area contributed by atoms with Gasteiger partial charge in [0.15, 0.2) is 3.92 Å². The van der Waals surface area contributed by atoms with Crippen LogP contribution in [0.3, 0.4) is 0 Å². The highest BCUT2D eigenvalue weighted by Crippen LogP contribution is 2.25. The van der Waals surface area contributed by atoms with E-state index in [2.05, 4.69) is 51.9 Å². The highest BCUT2D eigenvalue weighted by atomic mass is 79.9. The number of halogens is 1. The van der Waals surface area contributed by atoms with Crippen molar-refractivity contribution in [1.82, 2.24) is 10.2 Å². The van der Waals surface area contributed by atoms with E-state index in [-0.39, 0.29) is 0 Å². The first-order valence-electron chi connectivity index (χ1n) is 4.37. The molecule has 1 atom stereocenters. The molecule has 0 saturated heterocycles. The zero-order valence-corrected chi connectivity index (χ0v) is 10.5. The third kappa shape index (κ3) is 2.91. The van der Waals surface area contributed by atoms with Gasteiger partial charge in [-0.25, -0.2) is 0 Å². The standard InChI is InChI=1S/C8H14BrN3S/c1-4-5-6(2)12(3)8-11-10-7(9)13-8/h6H,4-5H2,1-3H3. The molecule has 0 N–H and O–H groups in total. The second-order valence-electron chi connectivity index (χ2n) is 3.09. The molecule has 0 aliphatic carbocycles. The Bertz CT molecular complexity index is 264. The van der Waals surface area contributed by atoms with Crippen LogP contribution in [0.25, 0.3) is 0 Å². The largest absolute Gasteiger partial charge is 0.347 e. The molecule has 0 aromatic carbocycles. The number of anilines is 1. The molecule has 0 amide bonds. The van der Waals surface area contributed by atoms with Crippen molar-refractivity contribution in [2.24, 2.45) is 0 Å². The summed E-state index contributed by atoms with van der Waals surface area (Å²) in [5.41, 5.74) is 0. The maximum absolute atomic E-state index is 4.07. The molecule has 13 heavy (non-hydrogen) atoms. The van der Waals surface area contributed by atoms with Gasteiger partial charge in [0.1, 0.15) is 0 Å². The lowest BCUT2D eigenvalue weighted by molar-refractivity contribution is 0.613. The van der Waals surface area contributed by atoms with Crippen molar-refractivity contribution < 1.29 is 0 Å². The van der Waals surface area contributed by atoms with Crippen molar-refractivity contribution >= 4 is 32.4 Å². The summed E-state index contributed by atoms with van der Waals surface area (Å²) in [6.45, 7) is 4.40. The van der Waals surface area contributed by atoms with Crippen molar-refractivity contribution in [2.45, 2.75) is 32.7 Å². The van der Waals surface area contributed by atoms with Crippen LogP contribution in [0, 0.1) is 0 Å². The molecule has 0 aliphatic rings. The molecule has 5 heteroatoms. The van der Waals surface area contributed by atoms with Gasteiger partial charge in [-0.2, -0.15) is 0 Å². The summed E-state index contributed by atoms with van der Waals surface area (Å²) in [5, 5.41) is 8.97. The quantitative estimate of drug-likeness (QED) is 0.837. The molecule has 74 valence electrons. The highest BCUT2D eigenvalue weighted by Gasteiger charge is 2.12. The average molecular weight is 264 g/mol. The Hall–Kier alpha value is -0.160. The predicted molar refractivity (Wildman–Crippen MR) is 60.4 cm³/mol. The topological polar surface area (TPSA) is 29.0 Å². The van der Waals surface area contributed by atoms with E-state index in [9.17, 15) is 0 Å². The molecule has 3 nitrogen and oxygen atoms in total. The van der Waals surface area contributed by atoms with E-state index in [0.717, 1.165) is 9.05 Å². The minimum Gasteiger partial charge on any atom is -0.347 e. The molecular formula is C8H14BrN3S. The van der Waals surface area contributed by atoms with Crippen LogP contribution >= 0.6 is 27.3 Å². The van der Waals surface area contributed by atoms with Crippen LogP contribution in [0.1, 0.15) is 26.7 Å². The number of hydrogen-bond acceptors (Lipinski definition) is 4. The van der Waals surface area contributed by atoms with E-state index >= 15 is 0 Å². The number of rotatable bonds is 4. The van der Waals surface area contributed by atoms with Gasteiger partial charge >= 0.3 is 0 Å². The van der Waals surface area contributed by atoms with Crippen LogP contribution in [0.5, 0.6) is 0 Å². The smallest absolute Gasteiger partial charge is 0.209 e. The second kappa shape index (κ2) is 4.91. The van der Waals surface area contributed by atoms with Crippen LogP contribution in [0.15, 0.2) is 3.92 Å². The molecule has 1 unspecified atom stereocenters. The van der Waals surface area contributed by atoms with Crippen LogP contribution in [0.4, 0.5) is 5.13 Å². The summed E-state index contributed by atoms with van der Waals surface area (Å²) in [7, 11) is 2.06. The summed E-state index contributed by atoms with van der Waals surface area (Å²) >= 11 is 4.88. The summed E-state index contributed by atoms with van der Waals surface area (Å²) < 4.78 is 0.845. The maximum Gasteiger partial charge on any atom is 0.209 e. The second-order valence-corrected chi connectivity index (χ2v) is 5.32. The maximum atomic E-state index is 4.07. The fourth-order valence-corrected chi connectivity index (χ4v) is 2.29.